The molecule has 0 bridgehead atoms. The molecule has 0 unspecified atom stereocenters. The van der Waals surface area contributed by atoms with Crippen molar-refractivity contribution in [2.75, 3.05) is 11.9 Å². The molecular weight excluding hydrogens is 352 g/mol. The average molecular weight is 371 g/mol. The van der Waals surface area contributed by atoms with Gasteiger partial charge in [-0.25, -0.2) is 0 Å². The van der Waals surface area contributed by atoms with Crippen molar-refractivity contribution in [2.24, 2.45) is 0 Å². The molecule has 2 N–H and O–H groups in total. The van der Waals surface area contributed by atoms with Crippen LogP contribution in [0.4, 0.5) is 5.69 Å². The number of anilines is 1. The van der Waals surface area contributed by atoms with Crippen LogP contribution in [0.25, 0.3) is 11.1 Å². The van der Waals surface area contributed by atoms with Gasteiger partial charge in [-0.15, -0.1) is 0 Å². The summed E-state index contributed by atoms with van der Waals surface area (Å²) in [6.07, 6.45) is 2.77. The first kappa shape index (κ1) is 19.4. The summed E-state index contributed by atoms with van der Waals surface area (Å²) in [6.45, 7) is 5.76. The van der Waals surface area contributed by atoms with E-state index in [9.17, 15) is 15.2 Å². The zero-order valence-corrected chi connectivity index (χ0v) is 15.1. The van der Waals surface area contributed by atoms with Crippen molar-refractivity contribution in [3.05, 3.63) is 53.6 Å². The van der Waals surface area contributed by atoms with E-state index < -0.39 is 5.91 Å². The number of amides is 1. The molecule has 0 atom stereocenters. The molecule has 2 rings (SSSR count). The minimum absolute atomic E-state index is 0.0396. The Bertz CT molecular complexity index is 872. The second kappa shape index (κ2) is 8.93. The molecule has 0 fully saturated rings. The summed E-state index contributed by atoms with van der Waals surface area (Å²) >= 11 is 6.05. The van der Waals surface area contributed by atoms with Gasteiger partial charge in [-0.1, -0.05) is 43.7 Å². The first-order valence-electron chi connectivity index (χ1n) is 8.14. The van der Waals surface area contributed by atoms with Crippen LogP contribution in [-0.2, 0) is 4.79 Å². The standard InChI is InChI=1S/C20H19ClN2O3/c1-3-5-9-26-20-16(12-22)17(23-18(24)4-2)11-15(19(20)25)13-7-6-8-14(21)10-13/h4,6-8,10-11,25H,2-3,5,9H2,1H3,(H,23,24). The van der Waals surface area contributed by atoms with Gasteiger partial charge in [0.25, 0.3) is 0 Å². The predicted molar refractivity (Wildman–Crippen MR) is 102 cm³/mol. The predicted octanol–water partition coefficient (Wildman–Crippen LogP) is 4.89. The van der Waals surface area contributed by atoms with Gasteiger partial charge in [0.2, 0.25) is 5.91 Å². The van der Waals surface area contributed by atoms with Crippen LogP contribution < -0.4 is 10.1 Å². The molecule has 26 heavy (non-hydrogen) atoms. The normalized spacial score (nSPS) is 10.0. The van der Waals surface area contributed by atoms with Gasteiger partial charge in [0, 0.05) is 10.6 Å². The second-order valence-corrected chi connectivity index (χ2v) is 5.98. The van der Waals surface area contributed by atoms with E-state index in [2.05, 4.69) is 11.9 Å². The Morgan fingerprint density at radius 2 is 2.23 bits per heavy atom. The fraction of sp³-hybridized carbons (Fsp3) is 0.200. The first-order valence-corrected chi connectivity index (χ1v) is 8.51. The molecule has 134 valence electrons. The molecule has 0 aliphatic heterocycles. The molecule has 2 aromatic rings. The number of nitriles is 1. The van der Waals surface area contributed by atoms with Crippen molar-refractivity contribution in [1.82, 2.24) is 0 Å². The molecule has 0 aliphatic rings. The van der Waals surface area contributed by atoms with Gasteiger partial charge in [0.15, 0.2) is 11.5 Å². The second-order valence-electron chi connectivity index (χ2n) is 5.54. The lowest BCUT2D eigenvalue weighted by Gasteiger charge is -2.17. The van der Waals surface area contributed by atoms with Crippen molar-refractivity contribution in [1.29, 1.82) is 5.26 Å². The number of halogens is 1. The Kier molecular flexibility index (Phi) is 6.65. The van der Waals surface area contributed by atoms with Gasteiger partial charge >= 0.3 is 0 Å². The van der Waals surface area contributed by atoms with E-state index in [1.165, 1.54) is 6.07 Å². The quantitative estimate of drug-likeness (QED) is 0.413. The van der Waals surface area contributed by atoms with Crippen molar-refractivity contribution >= 4 is 23.2 Å². The number of unbranched alkanes of at least 4 members (excludes halogenated alkanes) is 1. The highest BCUT2D eigenvalue weighted by Crippen LogP contribution is 2.44. The van der Waals surface area contributed by atoms with Crippen molar-refractivity contribution in [3.63, 3.8) is 0 Å². The van der Waals surface area contributed by atoms with Crippen LogP contribution in [0.3, 0.4) is 0 Å². The molecule has 0 radical (unpaired) electrons. The van der Waals surface area contributed by atoms with E-state index >= 15 is 0 Å². The summed E-state index contributed by atoms with van der Waals surface area (Å²) in [5, 5.41) is 23.3. The Morgan fingerprint density at radius 1 is 1.46 bits per heavy atom. The number of ether oxygens (including phenoxy) is 1. The van der Waals surface area contributed by atoms with E-state index in [0.717, 1.165) is 18.9 Å². The molecule has 0 heterocycles. The van der Waals surface area contributed by atoms with Crippen LogP contribution in [0.1, 0.15) is 25.3 Å². The lowest BCUT2D eigenvalue weighted by Crippen LogP contribution is -2.10. The number of carbonyl (C=O) groups excluding carboxylic acids is 1. The number of hydrogen-bond acceptors (Lipinski definition) is 4. The summed E-state index contributed by atoms with van der Waals surface area (Å²) in [7, 11) is 0. The van der Waals surface area contributed by atoms with E-state index in [4.69, 9.17) is 16.3 Å². The molecule has 5 nitrogen and oxygen atoms in total. The van der Waals surface area contributed by atoms with Crippen LogP contribution in [0, 0.1) is 11.3 Å². The largest absolute Gasteiger partial charge is 0.504 e. The van der Waals surface area contributed by atoms with Crippen molar-refractivity contribution in [3.8, 4) is 28.7 Å². The number of benzene rings is 2. The maximum Gasteiger partial charge on any atom is 0.247 e. The SMILES string of the molecule is C=CC(=O)Nc1cc(-c2cccc(Cl)c2)c(O)c(OCCCC)c1C#N. The lowest BCUT2D eigenvalue weighted by atomic mass is 10.00. The van der Waals surface area contributed by atoms with Gasteiger partial charge in [-0.3, -0.25) is 4.79 Å². The number of phenolic OH excluding ortho intramolecular Hbond substituents is 1. The van der Waals surface area contributed by atoms with Gasteiger partial charge < -0.3 is 15.2 Å². The van der Waals surface area contributed by atoms with Crippen LogP contribution in [0.2, 0.25) is 5.02 Å². The number of carbonyl (C=O) groups is 1. The maximum absolute atomic E-state index is 11.7. The van der Waals surface area contributed by atoms with Gasteiger partial charge in [-0.05, 0) is 36.3 Å². The molecule has 0 spiro atoms. The summed E-state index contributed by atoms with van der Waals surface area (Å²) in [5.41, 5.74) is 1.32. The van der Waals surface area contributed by atoms with Gasteiger partial charge in [0.1, 0.15) is 11.6 Å². The fourth-order valence-electron chi connectivity index (χ4n) is 2.38. The Hall–Kier alpha value is -2.97. The van der Waals surface area contributed by atoms with Crippen molar-refractivity contribution in [2.45, 2.75) is 19.8 Å². The summed E-state index contributed by atoms with van der Waals surface area (Å²) in [5.74, 6) is -0.599. The van der Waals surface area contributed by atoms with Crippen LogP contribution >= 0.6 is 11.6 Å². The number of aromatic hydroxyl groups is 1. The third-order valence-electron chi connectivity index (χ3n) is 3.69. The molecule has 2 aromatic carbocycles. The molecular formula is C20H19ClN2O3. The number of nitrogens with zero attached hydrogens (tertiary/aromatic N) is 1. The highest BCUT2D eigenvalue weighted by Gasteiger charge is 2.21. The van der Waals surface area contributed by atoms with Crippen molar-refractivity contribution < 1.29 is 14.6 Å². The molecule has 1 amide bonds. The zero-order chi connectivity index (χ0) is 19.1. The monoisotopic (exact) mass is 370 g/mol. The average Bonchev–Trinajstić information content (AvgIpc) is 2.63. The molecule has 6 heteroatoms. The van der Waals surface area contributed by atoms with E-state index in [1.54, 1.807) is 24.3 Å². The minimum Gasteiger partial charge on any atom is -0.504 e. The zero-order valence-electron chi connectivity index (χ0n) is 14.4. The third kappa shape index (κ3) is 4.35. The topological polar surface area (TPSA) is 82.3 Å². The van der Waals surface area contributed by atoms with Gasteiger partial charge in [-0.2, -0.15) is 5.26 Å². The fourth-order valence-corrected chi connectivity index (χ4v) is 2.57. The summed E-state index contributed by atoms with van der Waals surface area (Å²) < 4.78 is 5.66. The molecule has 0 saturated carbocycles. The van der Waals surface area contributed by atoms with Crippen LogP contribution in [-0.4, -0.2) is 17.6 Å². The summed E-state index contributed by atoms with van der Waals surface area (Å²) in [4.78, 5) is 11.7. The highest BCUT2D eigenvalue weighted by atomic mass is 35.5. The lowest BCUT2D eigenvalue weighted by molar-refractivity contribution is -0.111. The maximum atomic E-state index is 11.7. The smallest absolute Gasteiger partial charge is 0.247 e. The Morgan fingerprint density at radius 3 is 2.85 bits per heavy atom. The van der Waals surface area contributed by atoms with Gasteiger partial charge in [0.05, 0.1) is 12.3 Å². The third-order valence-corrected chi connectivity index (χ3v) is 3.93. The van der Waals surface area contributed by atoms with Crippen LogP contribution in [0.5, 0.6) is 11.5 Å². The number of hydrogen-bond donors (Lipinski definition) is 2. The number of phenols is 1. The molecule has 0 saturated heterocycles. The van der Waals surface area contributed by atoms with E-state index in [1.807, 2.05) is 13.0 Å². The first-order chi connectivity index (χ1) is 12.5. The van der Waals surface area contributed by atoms with E-state index in [-0.39, 0.29) is 22.7 Å². The summed E-state index contributed by atoms with van der Waals surface area (Å²) in [6, 6.07) is 10.4. The minimum atomic E-state index is -0.469. The van der Waals surface area contributed by atoms with E-state index in [0.29, 0.717) is 22.8 Å². The molecule has 0 aliphatic carbocycles. The number of nitrogens with one attached hydrogen (secondary N) is 1. The highest BCUT2D eigenvalue weighted by molar-refractivity contribution is 6.30. The number of rotatable bonds is 7. The van der Waals surface area contributed by atoms with Crippen LogP contribution in [0.15, 0.2) is 43.0 Å². The Labute approximate surface area is 157 Å². The molecule has 0 aromatic heterocycles. The Balaban J connectivity index is 2.65.